The Bertz CT molecular complexity index is 478. The number of ketones is 1. The smallest absolute Gasteiger partial charge is 0.188 e. The number of benzene rings is 1. The zero-order valence-corrected chi connectivity index (χ0v) is 13.0. The van der Waals surface area contributed by atoms with E-state index in [1.807, 2.05) is 39.0 Å². The van der Waals surface area contributed by atoms with Crippen molar-refractivity contribution in [2.24, 2.45) is 4.40 Å². The average Bonchev–Trinajstić information content (AvgIpc) is 2.42. The molecule has 0 unspecified atom stereocenters. The molecule has 1 rings (SSSR count). The molecule has 0 bridgehead atoms. The summed E-state index contributed by atoms with van der Waals surface area (Å²) >= 11 is 0. The van der Waals surface area contributed by atoms with Gasteiger partial charge in [0.25, 0.3) is 0 Å². The van der Waals surface area contributed by atoms with Crippen LogP contribution >= 0.6 is 0 Å². The maximum absolute atomic E-state index is 11.7. The standard InChI is InChI=1S/C15H21NO3S/c1-15(2,3)20(18)16-10-7-11-19-12-14(17)13-8-5-4-6-9-13/h4-6,8-10H,7,11-12H2,1-3H3/b16-10+/t20-/m1/s1. The van der Waals surface area contributed by atoms with Crippen LogP contribution in [-0.2, 0) is 15.7 Å². The molecular formula is C15H21NO3S. The Morgan fingerprint density at radius 1 is 1.30 bits per heavy atom. The van der Waals surface area contributed by atoms with E-state index < -0.39 is 11.0 Å². The van der Waals surface area contributed by atoms with Crippen LogP contribution in [0.2, 0.25) is 0 Å². The Hall–Kier alpha value is -1.33. The van der Waals surface area contributed by atoms with Gasteiger partial charge in [-0.05, 0) is 20.8 Å². The van der Waals surface area contributed by atoms with Gasteiger partial charge in [0.1, 0.15) is 17.6 Å². The van der Waals surface area contributed by atoms with E-state index in [4.69, 9.17) is 4.74 Å². The minimum atomic E-state index is -1.23. The van der Waals surface area contributed by atoms with E-state index in [2.05, 4.69) is 4.40 Å². The van der Waals surface area contributed by atoms with Gasteiger partial charge >= 0.3 is 0 Å². The molecule has 0 amide bonds. The summed E-state index contributed by atoms with van der Waals surface area (Å²) < 4.78 is 20.5. The van der Waals surface area contributed by atoms with E-state index in [0.29, 0.717) is 18.6 Å². The van der Waals surface area contributed by atoms with E-state index in [1.165, 1.54) is 0 Å². The van der Waals surface area contributed by atoms with Crippen molar-refractivity contribution in [1.82, 2.24) is 0 Å². The molecule has 1 atom stereocenters. The van der Waals surface area contributed by atoms with Crippen LogP contribution in [0, 0.1) is 0 Å². The first kappa shape index (κ1) is 16.7. The molecule has 0 saturated heterocycles. The summed E-state index contributed by atoms with van der Waals surface area (Å²) in [7, 11) is -1.23. The van der Waals surface area contributed by atoms with Gasteiger partial charge < -0.3 is 4.74 Å². The summed E-state index contributed by atoms with van der Waals surface area (Å²) in [5.41, 5.74) is 0.648. The summed E-state index contributed by atoms with van der Waals surface area (Å²) in [6.07, 6.45) is 2.14. The fraction of sp³-hybridized carbons (Fsp3) is 0.467. The van der Waals surface area contributed by atoms with Gasteiger partial charge in [-0.2, -0.15) is 4.40 Å². The lowest BCUT2D eigenvalue weighted by Gasteiger charge is -2.12. The number of Topliss-reactive ketones (excluding diaryl/α,β-unsaturated/α-hetero) is 1. The Kier molecular flexibility index (Phi) is 6.75. The Labute approximate surface area is 122 Å². The zero-order valence-electron chi connectivity index (χ0n) is 12.2. The third-order valence-electron chi connectivity index (χ3n) is 2.41. The molecule has 20 heavy (non-hydrogen) atoms. The van der Waals surface area contributed by atoms with Crippen LogP contribution in [0.25, 0.3) is 0 Å². The molecular weight excluding hydrogens is 274 g/mol. The van der Waals surface area contributed by atoms with Crippen LogP contribution in [0.4, 0.5) is 0 Å². The highest BCUT2D eigenvalue weighted by molar-refractivity contribution is 7.85. The largest absolute Gasteiger partial charge is 0.373 e. The molecule has 0 aliphatic carbocycles. The van der Waals surface area contributed by atoms with Gasteiger partial charge in [0, 0.05) is 18.2 Å². The lowest BCUT2D eigenvalue weighted by Crippen LogP contribution is -2.19. The highest BCUT2D eigenvalue weighted by Gasteiger charge is 2.17. The molecule has 5 heteroatoms. The molecule has 0 N–H and O–H groups in total. The first-order valence-electron chi connectivity index (χ1n) is 6.52. The molecule has 0 aliphatic rings. The van der Waals surface area contributed by atoms with Gasteiger partial charge in [0.05, 0.1) is 11.4 Å². The normalized spacial score (nSPS) is 13.6. The first-order chi connectivity index (χ1) is 9.41. The van der Waals surface area contributed by atoms with Crippen molar-refractivity contribution in [2.75, 3.05) is 13.2 Å². The summed E-state index contributed by atoms with van der Waals surface area (Å²) in [5, 5.41) is 0. The zero-order chi connectivity index (χ0) is 15.0. The van der Waals surface area contributed by atoms with Crippen molar-refractivity contribution < 1.29 is 13.7 Å². The van der Waals surface area contributed by atoms with E-state index in [9.17, 15) is 9.00 Å². The van der Waals surface area contributed by atoms with Gasteiger partial charge in [-0.25, -0.2) is 4.21 Å². The predicted octanol–water partition coefficient (Wildman–Crippen LogP) is 2.81. The maximum Gasteiger partial charge on any atom is 0.188 e. The lowest BCUT2D eigenvalue weighted by atomic mass is 10.1. The number of nitrogens with zero attached hydrogens (tertiary/aromatic N) is 1. The third-order valence-corrected chi connectivity index (χ3v) is 3.80. The fourth-order valence-electron chi connectivity index (χ4n) is 1.29. The Balaban J connectivity index is 2.22. The quantitative estimate of drug-likeness (QED) is 0.441. The third kappa shape index (κ3) is 6.21. The molecule has 110 valence electrons. The first-order valence-corrected chi connectivity index (χ1v) is 7.62. The number of carbonyl (C=O) groups is 1. The molecule has 0 aromatic heterocycles. The summed E-state index contributed by atoms with van der Waals surface area (Å²) in [6.45, 7) is 6.06. The molecule has 0 radical (unpaired) electrons. The van der Waals surface area contributed by atoms with Crippen LogP contribution < -0.4 is 0 Å². The van der Waals surface area contributed by atoms with Crippen LogP contribution in [0.1, 0.15) is 37.6 Å². The monoisotopic (exact) mass is 295 g/mol. The SMILES string of the molecule is CC(C)(C)[S@@](=O)/N=C/CCOCC(=O)c1ccccc1. The van der Waals surface area contributed by atoms with E-state index >= 15 is 0 Å². The highest BCUT2D eigenvalue weighted by atomic mass is 32.2. The van der Waals surface area contributed by atoms with Crippen LogP contribution in [0.5, 0.6) is 0 Å². The van der Waals surface area contributed by atoms with Crippen LogP contribution in [0.15, 0.2) is 34.7 Å². The lowest BCUT2D eigenvalue weighted by molar-refractivity contribution is 0.0773. The minimum absolute atomic E-state index is 0.0409. The highest BCUT2D eigenvalue weighted by Crippen LogP contribution is 2.11. The van der Waals surface area contributed by atoms with Crippen molar-refractivity contribution >= 4 is 23.0 Å². The Morgan fingerprint density at radius 3 is 2.55 bits per heavy atom. The summed E-state index contributed by atoms with van der Waals surface area (Å²) in [5.74, 6) is -0.0409. The summed E-state index contributed by atoms with van der Waals surface area (Å²) in [6, 6.07) is 9.03. The van der Waals surface area contributed by atoms with Gasteiger partial charge in [-0.1, -0.05) is 30.3 Å². The minimum Gasteiger partial charge on any atom is -0.373 e. The van der Waals surface area contributed by atoms with Gasteiger partial charge in [-0.15, -0.1) is 0 Å². The summed E-state index contributed by atoms with van der Waals surface area (Å²) in [4.78, 5) is 11.7. The number of hydrogen-bond acceptors (Lipinski definition) is 3. The van der Waals surface area contributed by atoms with Gasteiger partial charge in [0.2, 0.25) is 0 Å². The molecule has 0 saturated carbocycles. The Morgan fingerprint density at radius 2 is 1.95 bits per heavy atom. The van der Waals surface area contributed by atoms with Gasteiger partial charge in [0.15, 0.2) is 5.78 Å². The molecule has 0 fully saturated rings. The predicted molar refractivity (Wildman–Crippen MR) is 82.6 cm³/mol. The molecule has 0 aliphatic heterocycles. The van der Waals surface area contributed by atoms with Crippen LogP contribution in [-0.4, -0.2) is 34.2 Å². The van der Waals surface area contributed by atoms with Crippen molar-refractivity contribution in [3.8, 4) is 0 Å². The van der Waals surface area contributed by atoms with Crippen molar-refractivity contribution in [3.63, 3.8) is 0 Å². The molecule has 1 aromatic rings. The molecule has 0 spiro atoms. The second-order valence-electron chi connectivity index (χ2n) is 5.28. The van der Waals surface area contributed by atoms with Crippen molar-refractivity contribution in [2.45, 2.75) is 31.9 Å². The van der Waals surface area contributed by atoms with E-state index in [0.717, 1.165) is 0 Å². The number of ether oxygens (including phenoxy) is 1. The number of rotatable bonds is 7. The molecule has 0 heterocycles. The van der Waals surface area contributed by atoms with Crippen LogP contribution in [0.3, 0.4) is 0 Å². The number of carbonyl (C=O) groups excluding carboxylic acids is 1. The molecule has 1 aromatic carbocycles. The topological polar surface area (TPSA) is 55.7 Å². The van der Waals surface area contributed by atoms with Crippen molar-refractivity contribution in [1.29, 1.82) is 0 Å². The van der Waals surface area contributed by atoms with E-state index in [1.54, 1.807) is 18.3 Å². The van der Waals surface area contributed by atoms with Crippen molar-refractivity contribution in [3.05, 3.63) is 35.9 Å². The van der Waals surface area contributed by atoms with Gasteiger partial charge in [-0.3, -0.25) is 4.79 Å². The maximum atomic E-state index is 11.7. The van der Waals surface area contributed by atoms with E-state index in [-0.39, 0.29) is 17.1 Å². The second kappa shape index (κ2) is 8.07. The average molecular weight is 295 g/mol. The second-order valence-corrected chi connectivity index (χ2v) is 7.21. The number of hydrogen-bond donors (Lipinski definition) is 0. The molecule has 4 nitrogen and oxygen atoms in total. The fourth-order valence-corrected chi connectivity index (χ4v) is 1.84.